The van der Waals surface area contributed by atoms with E-state index >= 15 is 0 Å². The van der Waals surface area contributed by atoms with Gasteiger partial charge in [-0.1, -0.05) is 0 Å². The summed E-state index contributed by atoms with van der Waals surface area (Å²) in [4.78, 5) is 21.7. The second-order valence-electron chi connectivity index (χ2n) is 8.03. The number of carbonyl (C=O) groups is 1. The van der Waals surface area contributed by atoms with E-state index in [1.807, 2.05) is 0 Å². The number of nitrogen functional groups attached to an aromatic ring is 1. The zero-order chi connectivity index (χ0) is 21.9. The third-order valence-corrected chi connectivity index (χ3v) is 4.48. The number of nitriles is 1. The number of aromatic nitrogens is 2. The largest absolute Gasteiger partial charge is 0.484 e. The van der Waals surface area contributed by atoms with Gasteiger partial charge in [0.1, 0.15) is 23.6 Å². The summed E-state index contributed by atoms with van der Waals surface area (Å²) in [6.45, 7) is 5.43. The molecule has 2 N–H and O–H groups in total. The number of nitrogens with zero attached hydrogens (tertiary/aromatic N) is 4. The van der Waals surface area contributed by atoms with Crippen LogP contribution in [-0.4, -0.2) is 51.9 Å². The van der Waals surface area contributed by atoms with Gasteiger partial charge in [-0.2, -0.15) is 5.26 Å². The summed E-state index contributed by atoms with van der Waals surface area (Å²) < 4.78 is 25.8. The summed E-state index contributed by atoms with van der Waals surface area (Å²) >= 11 is 0. The molecule has 1 amide bonds. The standard InChI is InChI=1S/C21H24FN5O3/c1-21(2,3)30-20(28)27-7-5-17(15(22)12-27)29-18-11-26-16(8-14(18)10-23)13-4-6-25-19(24)9-13/h4,6,8-9,11,15,17H,5,7,12H2,1-3H3,(H2,24,25)/t15-,17+/m1/s1. The maximum absolute atomic E-state index is 14.7. The summed E-state index contributed by atoms with van der Waals surface area (Å²) in [7, 11) is 0. The lowest BCUT2D eigenvalue weighted by Crippen LogP contribution is -2.50. The van der Waals surface area contributed by atoms with Gasteiger partial charge >= 0.3 is 6.09 Å². The number of hydrogen-bond acceptors (Lipinski definition) is 7. The molecule has 1 saturated heterocycles. The molecule has 0 unspecified atom stereocenters. The maximum Gasteiger partial charge on any atom is 0.410 e. The highest BCUT2D eigenvalue weighted by Crippen LogP contribution is 2.28. The normalized spacial score (nSPS) is 19.1. The SMILES string of the molecule is CC(C)(C)OC(=O)N1CC[C@H](Oc2cnc(-c3ccnc(N)c3)cc2C#N)[C@H](F)C1. The number of carbonyl (C=O) groups excluding carboxylic acids is 1. The quantitative estimate of drug-likeness (QED) is 0.821. The minimum Gasteiger partial charge on any atom is -0.484 e. The molecule has 0 spiro atoms. The molecule has 0 aliphatic carbocycles. The predicted molar refractivity (Wildman–Crippen MR) is 108 cm³/mol. The molecule has 9 heteroatoms. The monoisotopic (exact) mass is 413 g/mol. The number of piperidine rings is 1. The van der Waals surface area contributed by atoms with Gasteiger partial charge in [0.25, 0.3) is 0 Å². The molecule has 2 atom stereocenters. The lowest BCUT2D eigenvalue weighted by Gasteiger charge is -2.35. The number of nitrogens with two attached hydrogens (primary N) is 1. The number of hydrogen-bond donors (Lipinski definition) is 1. The van der Waals surface area contributed by atoms with Gasteiger partial charge in [0.2, 0.25) is 0 Å². The van der Waals surface area contributed by atoms with Crippen molar-refractivity contribution in [1.29, 1.82) is 5.26 Å². The van der Waals surface area contributed by atoms with Gasteiger partial charge in [-0.15, -0.1) is 0 Å². The van der Waals surface area contributed by atoms with Gasteiger partial charge in [-0.3, -0.25) is 4.98 Å². The van der Waals surface area contributed by atoms with E-state index in [0.717, 1.165) is 0 Å². The first-order valence-electron chi connectivity index (χ1n) is 9.57. The number of pyridine rings is 2. The van der Waals surface area contributed by atoms with Gasteiger partial charge in [-0.25, -0.2) is 14.2 Å². The lowest BCUT2D eigenvalue weighted by molar-refractivity contribution is -0.0106. The topological polar surface area (TPSA) is 114 Å². The van der Waals surface area contributed by atoms with E-state index < -0.39 is 24.0 Å². The number of rotatable bonds is 3. The number of alkyl halides is 1. The smallest absolute Gasteiger partial charge is 0.410 e. The summed E-state index contributed by atoms with van der Waals surface area (Å²) in [5.74, 6) is 0.534. The predicted octanol–water partition coefficient (Wildman–Crippen LogP) is 3.32. The lowest BCUT2D eigenvalue weighted by atomic mass is 10.1. The third kappa shape index (κ3) is 5.14. The van der Waals surface area contributed by atoms with Crippen LogP contribution in [0.15, 0.2) is 30.6 Å². The minimum absolute atomic E-state index is 0.136. The fourth-order valence-corrected chi connectivity index (χ4v) is 3.06. The minimum atomic E-state index is -1.42. The van der Waals surface area contributed by atoms with E-state index in [0.29, 0.717) is 23.6 Å². The van der Waals surface area contributed by atoms with Gasteiger partial charge < -0.3 is 20.1 Å². The Bertz CT molecular complexity index is 970. The zero-order valence-corrected chi connectivity index (χ0v) is 17.1. The van der Waals surface area contributed by atoms with Crippen molar-refractivity contribution >= 4 is 11.9 Å². The fraction of sp³-hybridized carbons (Fsp3) is 0.429. The van der Waals surface area contributed by atoms with Crippen LogP contribution in [0.3, 0.4) is 0 Å². The van der Waals surface area contributed by atoms with E-state index in [-0.39, 0.29) is 24.3 Å². The van der Waals surface area contributed by atoms with Crippen molar-refractivity contribution < 1.29 is 18.7 Å². The Morgan fingerprint density at radius 2 is 2.13 bits per heavy atom. The molecule has 1 aliphatic heterocycles. The Hall–Kier alpha value is -3.41. The molecule has 3 heterocycles. The molecule has 8 nitrogen and oxygen atoms in total. The van der Waals surface area contributed by atoms with E-state index in [4.69, 9.17) is 15.2 Å². The highest BCUT2D eigenvalue weighted by atomic mass is 19.1. The molecule has 30 heavy (non-hydrogen) atoms. The molecular formula is C21H24FN5O3. The van der Waals surface area contributed by atoms with Crippen LogP contribution in [0, 0.1) is 11.3 Å². The summed E-state index contributed by atoms with van der Waals surface area (Å²) in [5, 5.41) is 9.50. The second kappa shape index (κ2) is 8.53. The molecule has 1 aliphatic rings. The van der Waals surface area contributed by atoms with Crippen LogP contribution in [0.5, 0.6) is 5.75 Å². The number of likely N-dealkylation sites (tertiary alicyclic amines) is 1. The van der Waals surface area contributed by atoms with Crippen LogP contribution in [0.25, 0.3) is 11.3 Å². The average Bonchev–Trinajstić information content (AvgIpc) is 2.68. The first-order chi connectivity index (χ1) is 14.2. The van der Waals surface area contributed by atoms with Crippen molar-refractivity contribution in [2.24, 2.45) is 0 Å². The molecule has 2 aromatic heterocycles. The maximum atomic E-state index is 14.7. The summed E-state index contributed by atoms with van der Waals surface area (Å²) in [5.41, 5.74) is 6.52. The molecule has 3 rings (SSSR count). The van der Waals surface area contributed by atoms with E-state index in [2.05, 4.69) is 16.0 Å². The van der Waals surface area contributed by atoms with Gasteiger partial charge in [0.15, 0.2) is 11.9 Å². The van der Waals surface area contributed by atoms with Crippen LogP contribution in [0.2, 0.25) is 0 Å². The number of ether oxygens (including phenoxy) is 2. The van der Waals surface area contributed by atoms with Crippen LogP contribution >= 0.6 is 0 Å². The van der Waals surface area contributed by atoms with Gasteiger partial charge in [0, 0.05) is 24.7 Å². The van der Waals surface area contributed by atoms with Crippen molar-refractivity contribution in [3.63, 3.8) is 0 Å². The number of amides is 1. The van der Waals surface area contributed by atoms with E-state index in [1.165, 1.54) is 11.1 Å². The summed E-state index contributed by atoms with van der Waals surface area (Å²) in [6, 6.07) is 6.99. The highest BCUT2D eigenvalue weighted by Gasteiger charge is 2.35. The molecule has 0 saturated carbocycles. The molecule has 0 bridgehead atoms. The third-order valence-electron chi connectivity index (χ3n) is 4.48. The van der Waals surface area contributed by atoms with Crippen LogP contribution < -0.4 is 10.5 Å². The van der Waals surface area contributed by atoms with Gasteiger partial charge in [-0.05, 0) is 39.0 Å². The van der Waals surface area contributed by atoms with Crippen LogP contribution in [-0.2, 0) is 4.74 Å². The van der Waals surface area contributed by atoms with Crippen LogP contribution in [0.1, 0.15) is 32.8 Å². The van der Waals surface area contributed by atoms with Crippen molar-refractivity contribution in [2.75, 3.05) is 18.8 Å². The first kappa shape index (κ1) is 21.3. The van der Waals surface area contributed by atoms with Gasteiger partial charge in [0.05, 0.1) is 24.0 Å². The Balaban J connectivity index is 1.69. The number of anilines is 1. The Labute approximate surface area is 174 Å². The van der Waals surface area contributed by atoms with E-state index in [1.54, 1.807) is 45.2 Å². The molecule has 0 radical (unpaired) electrons. The Morgan fingerprint density at radius 3 is 2.77 bits per heavy atom. The molecule has 0 aromatic carbocycles. The van der Waals surface area contributed by atoms with Crippen molar-refractivity contribution in [1.82, 2.24) is 14.9 Å². The molecule has 1 fully saturated rings. The Morgan fingerprint density at radius 1 is 1.37 bits per heavy atom. The first-order valence-corrected chi connectivity index (χ1v) is 9.57. The molecular weight excluding hydrogens is 389 g/mol. The van der Waals surface area contributed by atoms with E-state index in [9.17, 15) is 14.4 Å². The van der Waals surface area contributed by atoms with Crippen molar-refractivity contribution in [2.45, 2.75) is 45.1 Å². The number of halogens is 1. The van der Waals surface area contributed by atoms with Crippen molar-refractivity contribution in [3.05, 3.63) is 36.2 Å². The zero-order valence-electron chi connectivity index (χ0n) is 17.1. The summed E-state index contributed by atoms with van der Waals surface area (Å²) in [6.07, 6.45) is 0.460. The van der Waals surface area contributed by atoms with Crippen LogP contribution in [0.4, 0.5) is 15.0 Å². The molecule has 158 valence electrons. The van der Waals surface area contributed by atoms with Crippen molar-refractivity contribution in [3.8, 4) is 23.1 Å². The Kier molecular flexibility index (Phi) is 6.06. The fourth-order valence-electron chi connectivity index (χ4n) is 3.06. The highest BCUT2D eigenvalue weighted by molar-refractivity contribution is 5.68. The molecule has 2 aromatic rings. The average molecular weight is 413 g/mol. The second-order valence-corrected chi connectivity index (χ2v) is 8.03.